The molecule has 13 aromatic carbocycles. The zero-order chi connectivity index (χ0) is 50.3. The monoisotopic (exact) mass is 1010 g/mol. The standard InChI is InChI=1S/C73H44N2S2/c1-3-17-47(18-4-1)74(51-34-37-69-61(43-51)56-24-11-15-29-67(56)76-69)49-32-31-45-40-63-66(41-46(45)39-49)73(64-27-13-9-22-54(64)55-23-10-14-28-65(55)73)72-59-36-33-50(42-60(59)53-21-7-8-26-58(53)71(63)72)75(48-19-5-2-6-20-48)52-35-38-70-62(44-52)57-25-12-16-30-68(57)77-70/h1-44H. The zero-order valence-corrected chi connectivity index (χ0v) is 43.2. The van der Waals surface area contributed by atoms with Crippen molar-refractivity contribution in [3.63, 3.8) is 0 Å². The number of fused-ring (bicyclic) bond motifs is 22. The average Bonchev–Trinajstić information content (AvgIpc) is 3.75. The summed E-state index contributed by atoms with van der Waals surface area (Å²) < 4.78 is 5.22. The largest absolute Gasteiger partial charge is 0.310 e. The third-order valence-electron chi connectivity index (χ3n) is 16.8. The molecular weight excluding hydrogens is 969 g/mol. The number of para-hydroxylation sites is 2. The fraction of sp³-hybridized carbons (Fsp3) is 0.0137. The minimum absolute atomic E-state index is 0.597. The quantitative estimate of drug-likeness (QED) is 0.153. The van der Waals surface area contributed by atoms with Gasteiger partial charge in [-0.25, -0.2) is 0 Å². The van der Waals surface area contributed by atoms with Crippen molar-refractivity contribution in [2.45, 2.75) is 5.41 Å². The minimum Gasteiger partial charge on any atom is -0.310 e. The van der Waals surface area contributed by atoms with E-state index in [0.717, 1.165) is 34.1 Å². The topological polar surface area (TPSA) is 6.48 Å². The second-order valence-corrected chi connectivity index (χ2v) is 22.9. The normalized spacial score (nSPS) is 13.0. The molecule has 0 saturated heterocycles. The van der Waals surface area contributed by atoms with Gasteiger partial charge in [0.15, 0.2) is 0 Å². The van der Waals surface area contributed by atoms with Gasteiger partial charge in [0, 0.05) is 74.5 Å². The molecule has 0 aliphatic heterocycles. The molecule has 2 nitrogen and oxygen atoms in total. The summed E-state index contributed by atoms with van der Waals surface area (Å²) in [6, 6.07) is 100. The third kappa shape index (κ3) is 6.11. The lowest BCUT2D eigenvalue weighted by molar-refractivity contribution is 0.803. The Kier molecular flexibility index (Phi) is 9.12. The van der Waals surface area contributed by atoms with E-state index in [1.165, 1.54) is 117 Å². The number of thiophene rings is 2. The second kappa shape index (κ2) is 16.3. The predicted octanol–water partition coefficient (Wildman–Crippen LogP) is 21.2. The Labute approximate surface area is 453 Å². The first-order chi connectivity index (χ1) is 38.2. The molecule has 0 fully saturated rings. The lowest BCUT2D eigenvalue weighted by Crippen LogP contribution is -2.26. The Balaban J connectivity index is 0.920. The molecular formula is C73H44N2S2. The molecule has 4 heteroatoms. The summed E-state index contributed by atoms with van der Waals surface area (Å²) >= 11 is 3.73. The van der Waals surface area contributed by atoms with Gasteiger partial charge in [-0.3, -0.25) is 0 Å². The highest BCUT2D eigenvalue weighted by molar-refractivity contribution is 7.26. The van der Waals surface area contributed by atoms with Crippen LogP contribution >= 0.6 is 22.7 Å². The predicted molar refractivity (Wildman–Crippen MR) is 330 cm³/mol. The van der Waals surface area contributed by atoms with Gasteiger partial charge in [0.25, 0.3) is 0 Å². The molecule has 358 valence electrons. The number of rotatable bonds is 6. The smallest absolute Gasteiger partial charge is 0.0731 e. The fourth-order valence-electron chi connectivity index (χ4n) is 13.6. The van der Waals surface area contributed by atoms with E-state index >= 15 is 0 Å². The van der Waals surface area contributed by atoms with E-state index in [0.29, 0.717) is 0 Å². The average molecular weight is 1010 g/mol. The maximum Gasteiger partial charge on any atom is 0.0731 e. The Morgan fingerprint density at radius 2 is 0.701 bits per heavy atom. The Morgan fingerprint density at radius 3 is 1.30 bits per heavy atom. The van der Waals surface area contributed by atoms with E-state index in [1.54, 1.807) is 0 Å². The van der Waals surface area contributed by atoms with Crippen LogP contribution in [0.1, 0.15) is 22.3 Å². The number of benzene rings is 13. The van der Waals surface area contributed by atoms with Crippen LogP contribution in [0.3, 0.4) is 0 Å². The van der Waals surface area contributed by atoms with Crippen LogP contribution in [-0.4, -0.2) is 0 Å². The SMILES string of the molecule is c1ccc(N(c2ccc3cc4c(cc3c2)C2(c3ccccc3-c3ccccc32)c2c-4c3ccccc3c3cc(N(c4ccccc4)c4ccc5sc6ccccc6c5c4)ccc23)c2ccc3sc4ccccc4c3c2)cc1. The van der Waals surface area contributed by atoms with E-state index in [4.69, 9.17) is 0 Å². The van der Waals surface area contributed by atoms with Gasteiger partial charge in [0.05, 0.1) is 5.41 Å². The lowest BCUT2D eigenvalue weighted by atomic mass is 9.69. The van der Waals surface area contributed by atoms with Crippen molar-refractivity contribution in [3.05, 3.63) is 289 Å². The molecule has 0 unspecified atom stereocenters. The molecule has 15 aromatic rings. The van der Waals surface area contributed by atoms with Crippen LogP contribution in [0, 0.1) is 0 Å². The van der Waals surface area contributed by atoms with Crippen molar-refractivity contribution in [2.24, 2.45) is 0 Å². The van der Waals surface area contributed by atoms with E-state index in [-0.39, 0.29) is 0 Å². The summed E-state index contributed by atoms with van der Waals surface area (Å²) in [4.78, 5) is 4.88. The van der Waals surface area contributed by atoms with Crippen LogP contribution in [0.25, 0.3) is 94.9 Å². The number of nitrogens with zero attached hydrogens (tertiary/aromatic N) is 2. The van der Waals surface area contributed by atoms with Crippen LogP contribution in [0.4, 0.5) is 34.1 Å². The highest BCUT2D eigenvalue weighted by Gasteiger charge is 2.53. The highest BCUT2D eigenvalue weighted by atomic mass is 32.1. The molecule has 77 heavy (non-hydrogen) atoms. The van der Waals surface area contributed by atoms with E-state index in [1.807, 2.05) is 22.7 Å². The zero-order valence-electron chi connectivity index (χ0n) is 41.6. The molecule has 2 aliphatic carbocycles. The Morgan fingerprint density at radius 1 is 0.247 bits per heavy atom. The van der Waals surface area contributed by atoms with Gasteiger partial charge in [-0.2, -0.15) is 0 Å². The first-order valence-corrected chi connectivity index (χ1v) is 28.1. The molecule has 0 amide bonds. The molecule has 2 aliphatic rings. The van der Waals surface area contributed by atoms with Crippen LogP contribution in [-0.2, 0) is 5.41 Å². The first kappa shape index (κ1) is 43.0. The van der Waals surface area contributed by atoms with Gasteiger partial charge in [-0.05, 0) is 186 Å². The summed E-state index contributed by atoms with van der Waals surface area (Å²) in [6.45, 7) is 0. The molecule has 1 spiro atoms. The van der Waals surface area contributed by atoms with Gasteiger partial charge in [-0.1, -0.05) is 158 Å². The Bertz CT molecular complexity index is 4910. The third-order valence-corrected chi connectivity index (χ3v) is 19.1. The van der Waals surface area contributed by atoms with Crippen molar-refractivity contribution in [3.8, 4) is 22.3 Å². The summed E-state index contributed by atoms with van der Waals surface area (Å²) in [7, 11) is 0. The maximum atomic E-state index is 2.56. The molecule has 0 radical (unpaired) electrons. The molecule has 0 bridgehead atoms. The van der Waals surface area contributed by atoms with Crippen LogP contribution in [0.15, 0.2) is 267 Å². The van der Waals surface area contributed by atoms with Gasteiger partial charge < -0.3 is 9.80 Å². The summed E-state index contributed by atoms with van der Waals surface area (Å²) in [5.41, 5.74) is 16.7. The van der Waals surface area contributed by atoms with Crippen molar-refractivity contribution >= 4 is 129 Å². The molecule has 0 N–H and O–H groups in total. The van der Waals surface area contributed by atoms with Crippen molar-refractivity contribution in [1.29, 1.82) is 0 Å². The van der Waals surface area contributed by atoms with E-state index in [2.05, 4.69) is 277 Å². The molecule has 2 aromatic heterocycles. The highest BCUT2D eigenvalue weighted by Crippen LogP contribution is 2.66. The number of hydrogen-bond acceptors (Lipinski definition) is 4. The van der Waals surface area contributed by atoms with E-state index < -0.39 is 5.41 Å². The lowest BCUT2D eigenvalue weighted by Gasteiger charge is -2.32. The molecule has 0 saturated carbocycles. The first-order valence-electron chi connectivity index (χ1n) is 26.5. The second-order valence-electron chi connectivity index (χ2n) is 20.7. The van der Waals surface area contributed by atoms with Crippen molar-refractivity contribution in [2.75, 3.05) is 9.80 Å². The van der Waals surface area contributed by atoms with Crippen molar-refractivity contribution in [1.82, 2.24) is 0 Å². The van der Waals surface area contributed by atoms with Gasteiger partial charge >= 0.3 is 0 Å². The van der Waals surface area contributed by atoms with Gasteiger partial charge in [-0.15, -0.1) is 22.7 Å². The van der Waals surface area contributed by atoms with Crippen molar-refractivity contribution < 1.29 is 0 Å². The van der Waals surface area contributed by atoms with Crippen LogP contribution in [0.2, 0.25) is 0 Å². The van der Waals surface area contributed by atoms with Gasteiger partial charge in [0.1, 0.15) is 0 Å². The minimum atomic E-state index is -0.597. The van der Waals surface area contributed by atoms with Gasteiger partial charge in [0.2, 0.25) is 0 Å². The number of hydrogen-bond donors (Lipinski definition) is 0. The molecule has 17 rings (SSSR count). The maximum absolute atomic E-state index is 2.56. The number of anilines is 6. The molecule has 0 atom stereocenters. The fourth-order valence-corrected chi connectivity index (χ4v) is 15.8. The van der Waals surface area contributed by atoms with Crippen LogP contribution < -0.4 is 9.80 Å². The summed E-state index contributed by atoms with van der Waals surface area (Å²) in [5.74, 6) is 0. The summed E-state index contributed by atoms with van der Waals surface area (Å²) in [6.07, 6.45) is 0. The summed E-state index contributed by atoms with van der Waals surface area (Å²) in [5, 5.41) is 12.6. The Hall–Kier alpha value is -9.32. The van der Waals surface area contributed by atoms with E-state index in [9.17, 15) is 0 Å². The van der Waals surface area contributed by atoms with Crippen LogP contribution in [0.5, 0.6) is 0 Å². The molecule has 2 heterocycles.